The number of methoxy groups -OCH3 is 1. The first-order valence-corrected chi connectivity index (χ1v) is 9.92. The molecule has 0 spiro atoms. The second-order valence-electron chi connectivity index (χ2n) is 6.44. The van der Waals surface area contributed by atoms with Crippen LogP contribution in [0.3, 0.4) is 0 Å². The third-order valence-electron chi connectivity index (χ3n) is 4.72. The minimum Gasteiger partial charge on any atom is -0.497 e. The highest BCUT2D eigenvalue weighted by Gasteiger charge is 2.32. The Bertz CT molecular complexity index is 644. The maximum Gasteiger partial charge on any atom is 0.241 e. The van der Waals surface area contributed by atoms with Crippen LogP contribution in [0.5, 0.6) is 5.75 Å². The molecule has 6 nitrogen and oxygen atoms in total. The number of hydrogen-bond donors (Lipinski definition) is 1. The summed E-state index contributed by atoms with van der Waals surface area (Å²) in [6.07, 6.45) is 4.26. The first kappa shape index (κ1) is 17.7. The van der Waals surface area contributed by atoms with Gasteiger partial charge in [-0.05, 0) is 37.3 Å². The van der Waals surface area contributed by atoms with E-state index < -0.39 is 10.0 Å². The highest BCUT2D eigenvalue weighted by atomic mass is 32.2. The number of ether oxygens (including phenoxy) is 3. The molecule has 24 heavy (non-hydrogen) atoms. The maximum atomic E-state index is 12.6. The summed E-state index contributed by atoms with van der Waals surface area (Å²) in [5, 5.41) is 0. The van der Waals surface area contributed by atoms with Gasteiger partial charge in [0.15, 0.2) is 0 Å². The van der Waals surface area contributed by atoms with Crippen LogP contribution in [0.15, 0.2) is 29.2 Å². The van der Waals surface area contributed by atoms with E-state index >= 15 is 0 Å². The zero-order valence-electron chi connectivity index (χ0n) is 13.9. The lowest BCUT2D eigenvalue weighted by atomic mass is 9.86. The highest BCUT2D eigenvalue weighted by molar-refractivity contribution is 7.89. The lowest BCUT2D eigenvalue weighted by Gasteiger charge is -2.34. The average molecular weight is 355 g/mol. The lowest BCUT2D eigenvalue weighted by Crippen LogP contribution is -2.50. The Morgan fingerprint density at radius 3 is 2.83 bits per heavy atom. The molecule has 1 aromatic carbocycles. The largest absolute Gasteiger partial charge is 0.497 e. The molecular formula is C17H25NO5S. The number of benzene rings is 1. The molecule has 0 amide bonds. The quantitative estimate of drug-likeness (QED) is 0.809. The molecule has 1 aliphatic heterocycles. The van der Waals surface area contributed by atoms with Crippen LogP contribution in [0.4, 0.5) is 0 Å². The molecule has 1 aromatic rings. The predicted molar refractivity (Wildman–Crippen MR) is 89.6 cm³/mol. The number of rotatable bonds is 7. The molecule has 1 saturated carbocycles. The molecule has 0 radical (unpaired) electrons. The van der Waals surface area contributed by atoms with Gasteiger partial charge in [-0.15, -0.1) is 0 Å². The van der Waals surface area contributed by atoms with Crippen molar-refractivity contribution in [2.24, 2.45) is 5.92 Å². The van der Waals surface area contributed by atoms with Crippen molar-refractivity contribution in [3.63, 3.8) is 0 Å². The van der Waals surface area contributed by atoms with Gasteiger partial charge in [0.25, 0.3) is 0 Å². The number of hydrogen-bond acceptors (Lipinski definition) is 5. The van der Waals surface area contributed by atoms with Crippen LogP contribution in [0.2, 0.25) is 0 Å². The van der Waals surface area contributed by atoms with E-state index in [9.17, 15) is 8.42 Å². The molecule has 134 valence electrons. The van der Waals surface area contributed by atoms with Gasteiger partial charge >= 0.3 is 0 Å². The van der Waals surface area contributed by atoms with E-state index in [1.807, 2.05) is 0 Å². The fourth-order valence-electron chi connectivity index (χ4n) is 2.98. The first-order valence-electron chi connectivity index (χ1n) is 8.44. The van der Waals surface area contributed by atoms with E-state index in [4.69, 9.17) is 14.2 Å². The summed E-state index contributed by atoms with van der Waals surface area (Å²) in [6.45, 7) is 1.65. The van der Waals surface area contributed by atoms with Gasteiger partial charge in [0.2, 0.25) is 10.0 Å². The standard InChI is InChI=1S/C17H25NO5S/c1-21-14-6-3-7-15(10-14)24(19,20)18-16-12-22-9-8-17(16)23-11-13-4-2-5-13/h3,6-7,10,13,16-18H,2,4-5,8-9,11-12H2,1H3/t16-,17+/m1/s1. The number of nitrogens with one attached hydrogen (secondary N) is 1. The van der Waals surface area contributed by atoms with Crippen molar-refractivity contribution in [1.29, 1.82) is 0 Å². The van der Waals surface area contributed by atoms with E-state index in [0.717, 1.165) is 0 Å². The van der Waals surface area contributed by atoms with Crippen molar-refractivity contribution in [2.45, 2.75) is 42.7 Å². The van der Waals surface area contributed by atoms with Crippen molar-refractivity contribution >= 4 is 10.0 Å². The van der Waals surface area contributed by atoms with E-state index in [-0.39, 0.29) is 17.0 Å². The van der Waals surface area contributed by atoms with Crippen LogP contribution >= 0.6 is 0 Å². The van der Waals surface area contributed by atoms with Gasteiger partial charge in [-0.3, -0.25) is 0 Å². The predicted octanol–water partition coefficient (Wildman–Crippen LogP) is 1.95. The van der Waals surface area contributed by atoms with Crippen molar-refractivity contribution in [1.82, 2.24) is 4.72 Å². The third-order valence-corrected chi connectivity index (χ3v) is 6.21. The molecule has 2 fully saturated rings. The number of sulfonamides is 1. The smallest absolute Gasteiger partial charge is 0.241 e. The summed E-state index contributed by atoms with van der Waals surface area (Å²) in [4.78, 5) is 0.185. The van der Waals surface area contributed by atoms with Crippen molar-refractivity contribution < 1.29 is 22.6 Å². The van der Waals surface area contributed by atoms with Crippen molar-refractivity contribution in [3.05, 3.63) is 24.3 Å². The van der Waals surface area contributed by atoms with Crippen LogP contribution in [0.1, 0.15) is 25.7 Å². The van der Waals surface area contributed by atoms with E-state index in [1.54, 1.807) is 18.2 Å². The highest BCUT2D eigenvalue weighted by Crippen LogP contribution is 2.28. The molecule has 1 N–H and O–H groups in total. The SMILES string of the molecule is COc1cccc(S(=O)(=O)N[C@@H]2COCC[C@@H]2OCC2CCC2)c1. The van der Waals surface area contributed by atoms with Crippen LogP contribution in [0, 0.1) is 5.92 Å². The van der Waals surface area contributed by atoms with Gasteiger partial charge in [-0.25, -0.2) is 13.1 Å². The van der Waals surface area contributed by atoms with Gasteiger partial charge in [0.1, 0.15) is 5.75 Å². The second-order valence-corrected chi connectivity index (χ2v) is 8.15. The van der Waals surface area contributed by atoms with Crippen LogP contribution in [-0.2, 0) is 19.5 Å². The first-order chi connectivity index (χ1) is 11.6. The molecule has 1 saturated heterocycles. The van der Waals surface area contributed by atoms with Crippen molar-refractivity contribution in [3.8, 4) is 5.75 Å². The molecule has 2 atom stereocenters. The molecule has 3 rings (SSSR count). The van der Waals surface area contributed by atoms with Gasteiger partial charge in [0.05, 0.1) is 30.8 Å². The maximum absolute atomic E-state index is 12.6. The van der Waals surface area contributed by atoms with Gasteiger partial charge < -0.3 is 14.2 Å². The monoisotopic (exact) mass is 355 g/mol. The summed E-state index contributed by atoms with van der Waals surface area (Å²) in [5.41, 5.74) is 0. The fourth-order valence-corrected chi connectivity index (χ4v) is 4.27. The molecule has 1 heterocycles. The Labute approximate surface area is 143 Å². The molecular weight excluding hydrogens is 330 g/mol. The average Bonchev–Trinajstić information content (AvgIpc) is 2.55. The Morgan fingerprint density at radius 2 is 2.12 bits per heavy atom. The summed E-state index contributed by atoms with van der Waals surface area (Å²) < 4.78 is 44.6. The van der Waals surface area contributed by atoms with Gasteiger partial charge in [-0.1, -0.05) is 12.5 Å². The molecule has 7 heteroatoms. The minimum atomic E-state index is -3.65. The lowest BCUT2D eigenvalue weighted by molar-refractivity contribution is -0.0668. The van der Waals surface area contributed by atoms with Crippen LogP contribution < -0.4 is 9.46 Å². The normalized spacial score (nSPS) is 25.2. The van der Waals surface area contributed by atoms with E-state index in [0.29, 0.717) is 37.9 Å². The van der Waals surface area contributed by atoms with Gasteiger partial charge in [-0.2, -0.15) is 0 Å². The molecule has 0 aromatic heterocycles. The molecule has 2 aliphatic rings. The topological polar surface area (TPSA) is 73.9 Å². The van der Waals surface area contributed by atoms with Crippen LogP contribution in [0.25, 0.3) is 0 Å². The van der Waals surface area contributed by atoms with E-state index in [2.05, 4.69) is 4.72 Å². The fraction of sp³-hybridized carbons (Fsp3) is 0.647. The molecule has 0 unspecified atom stereocenters. The zero-order chi connectivity index (χ0) is 17.0. The Kier molecular flexibility index (Phi) is 5.76. The van der Waals surface area contributed by atoms with Crippen molar-refractivity contribution in [2.75, 3.05) is 26.9 Å². The summed E-state index contributed by atoms with van der Waals surface area (Å²) in [5.74, 6) is 1.14. The zero-order valence-corrected chi connectivity index (χ0v) is 14.8. The third kappa shape index (κ3) is 4.27. The second kappa shape index (κ2) is 7.82. The van der Waals surface area contributed by atoms with E-state index in [1.165, 1.54) is 32.4 Å². The Balaban J connectivity index is 1.66. The Morgan fingerprint density at radius 1 is 1.29 bits per heavy atom. The van der Waals surface area contributed by atoms with Gasteiger partial charge in [0, 0.05) is 19.3 Å². The molecule has 0 bridgehead atoms. The minimum absolute atomic E-state index is 0.139. The summed E-state index contributed by atoms with van der Waals surface area (Å²) in [6, 6.07) is 6.08. The summed E-state index contributed by atoms with van der Waals surface area (Å²) >= 11 is 0. The summed E-state index contributed by atoms with van der Waals surface area (Å²) in [7, 11) is -2.13. The Hall–Kier alpha value is -1.15. The molecule has 1 aliphatic carbocycles. The van der Waals surface area contributed by atoms with Crippen LogP contribution in [-0.4, -0.2) is 47.5 Å².